The van der Waals surface area contributed by atoms with Crippen LogP contribution in [0.5, 0.6) is 5.06 Å². The minimum atomic E-state index is -0.899. The van der Waals surface area contributed by atoms with Crippen molar-refractivity contribution in [3.8, 4) is 5.06 Å². The van der Waals surface area contributed by atoms with Gasteiger partial charge >= 0.3 is 6.09 Å². The molecular weight excluding hydrogens is 342 g/mol. The number of aromatic nitrogens is 1. The fourth-order valence-electron chi connectivity index (χ4n) is 3.12. The second kappa shape index (κ2) is 7.03. The van der Waals surface area contributed by atoms with Gasteiger partial charge in [-0.1, -0.05) is 24.7 Å². The summed E-state index contributed by atoms with van der Waals surface area (Å²) in [6, 6.07) is 1.79. The average molecular weight is 365 g/mol. The smallest absolute Gasteiger partial charge is 0.397 e. The van der Waals surface area contributed by atoms with Gasteiger partial charge in [0.05, 0.1) is 11.8 Å². The zero-order chi connectivity index (χ0) is 18.1. The quantitative estimate of drug-likeness (QED) is 0.637. The zero-order valence-corrected chi connectivity index (χ0v) is 14.9. The Morgan fingerprint density at radius 1 is 1.56 bits per heavy atom. The molecule has 1 amide bonds. The first-order valence-electron chi connectivity index (χ1n) is 8.28. The molecule has 25 heavy (non-hydrogen) atoms. The molecule has 1 aliphatic heterocycles. The van der Waals surface area contributed by atoms with Crippen molar-refractivity contribution in [1.29, 1.82) is 0 Å². The fraction of sp³-hybridized carbons (Fsp3) is 0.500. The van der Waals surface area contributed by atoms with Crippen molar-refractivity contribution in [3.63, 3.8) is 0 Å². The number of aryl methyl sites for hydroxylation is 1. The van der Waals surface area contributed by atoms with Crippen molar-refractivity contribution in [2.24, 2.45) is 11.5 Å². The number of carbonyl (C=O) groups is 1. The highest BCUT2D eigenvalue weighted by molar-refractivity contribution is 7.21. The number of pyridine rings is 1. The van der Waals surface area contributed by atoms with Crippen LogP contribution in [0.1, 0.15) is 25.3 Å². The van der Waals surface area contributed by atoms with E-state index in [1.165, 1.54) is 11.3 Å². The molecule has 2 unspecified atom stereocenters. The molecule has 0 saturated carbocycles. The molecule has 9 heteroatoms. The largest absolute Gasteiger partial charge is 0.410 e. The SMILES string of the molecule is CCCc1cc(N2CCC(N)C(O)C2)nc2sc(OC(N)=O)c(N)c12. The summed E-state index contributed by atoms with van der Waals surface area (Å²) >= 11 is 1.20. The molecule has 2 aromatic heterocycles. The topological polar surface area (TPSA) is 141 Å². The number of anilines is 2. The standard InChI is InChI=1S/C16H23N5O3S/c1-2-3-8-6-11(21-5-4-9(17)10(22)7-21)20-14-12(8)13(18)15(25-14)24-16(19)23/h6,9-10,22H,2-5,7,17-18H2,1H3,(H2,19,23). The number of aliphatic hydroxyl groups is 1. The summed E-state index contributed by atoms with van der Waals surface area (Å²) in [7, 11) is 0. The maximum Gasteiger partial charge on any atom is 0.410 e. The molecule has 0 bridgehead atoms. The van der Waals surface area contributed by atoms with E-state index in [2.05, 4.69) is 11.9 Å². The minimum Gasteiger partial charge on any atom is -0.397 e. The van der Waals surface area contributed by atoms with Crippen molar-refractivity contribution < 1.29 is 14.6 Å². The number of thiophene rings is 1. The van der Waals surface area contributed by atoms with E-state index in [0.29, 0.717) is 23.5 Å². The Hall–Kier alpha value is -2.10. The number of nitrogen functional groups attached to an aromatic ring is 1. The number of hydrogen-bond donors (Lipinski definition) is 4. The molecule has 1 fully saturated rings. The number of nitrogens with two attached hydrogens (primary N) is 3. The third-order valence-corrected chi connectivity index (χ3v) is 5.38. The average Bonchev–Trinajstić information content (AvgIpc) is 2.86. The summed E-state index contributed by atoms with van der Waals surface area (Å²) in [6.45, 7) is 3.25. The highest BCUT2D eigenvalue weighted by Crippen LogP contribution is 2.42. The summed E-state index contributed by atoms with van der Waals surface area (Å²) in [6.07, 6.45) is 0.977. The Balaban J connectivity index is 2.04. The lowest BCUT2D eigenvalue weighted by Gasteiger charge is -2.35. The second-order valence-electron chi connectivity index (χ2n) is 6.26. The highest BCUT2D eigenvalue weighted by atomic mass is 32.1. The highest BCUT2D eigenvalue weighted by Gasteiger charge is 2.27. The molecule has 2 aromatic rings. The van der Waals surface area contributed by atoms with Gasteiger partial charge in [-0.15, -0.1) is 0 Å². The van der Waals surface area contributed by atoms with E-state index in [4.69, 9.17) is 21.9 Å². The number of fused-ring (bicyclic) bond motifs is 1. The van der Waals surface area contributed by atoms with E-state index in [0.717, 1.165) is 36.2 Å². The molecule has 7 N–H and O–H groups in total. The monoisotopic (exact) mass is 365 g/mol. The number of carbonyl (C=O) groups excluding carboxylic acids is 1. The number of rotatable bonds is 4. The van der Waals surface area contributed by atoms with Crippen molar-refractivity contribution in [3.05, 3.63) is 11.6 Å². The second-order valence-corrected chi connectivity index (χ2v) is 7.22. The summed E-state index contributed by atoms with van der Waals surface area (Å²) in [5, 5.41) is 11.1. The van der Waals surface area contributed by atoms with Gasteiger partial charge in [-0.25, -0.2) is 9.78 Å². The molecule has 0 radical (unpaired) electrons. The van der Waals surface area contributed by atoms with Crippen LogP contribution in [0.3, 0.4) is 0 Å². The van der Waals surface area contributed by atoms with Crippen LogP contribution >= 0.6 is 11.3 Å². The predicted octanol–water partition coefficient (Wildman–Crippen LogP) is 1.19. The van der Waals surface area contributed by atoms with Gasteiger partial charge in [-0.2, -0.15) is 0 Å². The van der Waals surface area contributed by atoms with E-state index in [9.17, 15) is 9.90 Å². The first kappa shape index (κ1) is 17.7. The maximum atomic E-state index is 11.1. The molecular formula is C16H23N5O3S. The molecule has 1 aliphatic rings. The number of piperidine rings is 1. The molecule has 2 atom stereocenters. The van der Waals surface area contributed by atoms with Crippen molar-refractivity contribution >= 4 is 39.2 Å². The van der Waals surface area contributed by atoms with Crippen molar-refractivity contribution in [1.82, 2.24) is 4.98 Å². The number of nitrogens with zero attached hydrogens (tertiary/aromatic N) is 2. The molecule has 1 saturated heterocycles. The van der Waals surface area contributed by atoms with Crippen LogP contribution in [0, 0.1) is 0 Å². The number of aliphatic hydroxyl groups excluding tert-OH is 1. The van der Waals surface area contributed by atoms with Crippen LogP contribution in [0.2, 0.25) is 0 Å². The lowest BCUT2D eigenvalue weighted by molar-refractivity contribution is 0.131. The summed E-state index contributed by atoms with van der Waals surface area (Å²) in [4.78, 5) is 18.5. The maximum absolute atomic E-state index is 11.1. The van der Waals surface area contributed by atoms with Gasteiger partial charge in [0.2, 0.25) is 5.06 Å². The lowest BCUT2D eigenvalue weighted by atomic mass is 10.0. The summed E-state index contributed by atoms with van der Waals surface area (Å²) < 4.78 is 5.00. The van der Waals surface area contributed by atoms with Crippen molar-refractivity contribution in [2.45, 2.75) is 38.3 Å². The summed E-state index contributed by atoms with van der Waals surface area (Å²) in [5.74, 6) is 0.772. The number of β-amino-alcohol motifs (C(OH)–C–C–N with tert-alkyl or cyclic N) is 1. The van der Waals surface area contributed by atoms with Gasteiger partial charge in [-0.3, -0.25) is 0 Å². The van der Waals surface area contributed by atoms with Crippen LogP contribution < -0.4 is 26.8 Å². The molecule has 8 nitrogen and oxygen atoms in total. The Morgan fingerprint density at radius 3 is 2.96 bits per heavy atom. The number of amides is 1. The van der Waals surface area contributed by atoms with Gasteiger partial charge in [-0.05, 0) is 24.5 Å². The van der Waals surface area contributed by atoms with E-state index < -0.39 is 12.2 Å². The van der Waals surface area contributed by atoms with Crippen LogP contribution in [0.25, 0.3) is 10.2 Å². The molecule has 136 valence electrons. The number of ether oxygens (including phenoxy) is 1. The van der Waals surface area contributed by atoms with Crippen LogP contribution in [0.4, 0.5) is 16.3 Å². The Morgan fingerprint density at radius 2 is 2.32 bits per heavy atom. The van der Waals surface area contributed by atoms with Gasteiger partial charge < -0.3 is 31.9 Å². The number of primary amides is 1. The lowest BCUT2D eigenvalue weighted by Crippen LogP contribution is -2.50. The predicted molar refractivity (Wildman–Crippen MR) is 99.1 cm³/mol. The van der Waals surface area contributed by atoms with E-state index in [1.54, 1.807) is 0 Å². The van der Waals surface area contributed by atoms with Crippen LogP contribution in [-0.2, 0) is 6.42 Å². The first-order chi connectivity index (χ1) is 11.9. The normalized spacial score (nSPS) is 20.8. The Labute approximate surface area is 149 Å². The van der Waals surface area contributed by atoms with Gasteiger partial charge in [0.15, 0.2) is 0 Å². The molecule has 3 heterocycles. The summed E-state index contributed by atoms with van der Waals surface area (Å²) in [5.41, 5.74) is 18.6. The third kappa shape index (κ3) is 3.48. The van der Waals surface area contributed by atoms with Gasteiger partial charge in [0.25, 0.3) is 0 Å². The molecule has 0 aliphatic carbocycles. The van der Waals surface area contributed by atoms with Gasteiger partial charge in [0.1, 0.15) is 10.6 Å². The molecule has 0 aromatic carbocycles. The van der Waals surface area contributed by atoms with Crippen molar-refractivity contribution in [2.75, 3.05) is 23.7 Å². The third-order valence-electron chi connectivity index (χ3n) is 4.40. The fourth-order valence-corrected chi connectivity index (χ4v) is 4.11. The Bertz CT molecular complexity index is 794. The first-order valence-corrected chi connectivity index (χ1v) is 9.10. The van der Waals surface area contributed by atoms with Gasteiger partial charge in [0, 0.05) is 24.5 Å². The molecule has 0 spiro atoms. The number of hydrogen-bond acceptors (Lipinski definition) is 8. The van der Waals surface area contributed by atoms with E-state index in [-0.39, 0.29) is 11.1 Å². The Kier molecular flexibility index (Phi) is 4.98. The van der Waals surface area contributed by atoms with E-state index >= 15 is 0 Å². The zero-order valence-electron chi connectivity index (χ0n) is 14.1. The molecule has 3 rings (SSSR count). The minimum absolute atomic E-state index is 0.206. The van der Waals surface area contributed by atoms with Crippen LogP contribution in [-0.4, -0.2) is 41.4 Å². The van der Waals surface area contributed by atoms with Crippen LogP contribution in [0.15, 0.2) is 6.07 Å². The van der Waals surface area contributed by atoms with E-state index in [1.807, 2.05) is 11.0 Å².